The molecule has 4 rings (SSSR count). The van der Waals surface area contributed by atoms with E-state index in [4.69, 9.17) is 9.15 Å². The van der Waals surface area contributed by atoms with E-state index in [1.54, 1.807) is 36.4 Å². The molecule has 0 atom stereocenters. The average molecular weight is 383 g/mol. The molecule has 136 valence electrons. The van der Waals surface area contributed by atoms with E-state index in [2.05, 4.69) is 15.5 Å². The maximum Gasteiger partial charge on any atom is 0.346 e. The topological polar surface area (TPSA) is 77.3 Å². The summed E-state index contributed by atoms with van der Waals surface area (Å²) in [5.41, 5.74) is 0.494. The van der Waals surface area contributed by atoms with Crippen LogP contribution in [0, 0.1) is 5.82 Å². The van der Waals surface area contributed by atoms with Crippen LogP contribution in [-0.2, 0) is 0 Å². The standard InChI is InChI=1S/C19H14FN3O3S/c1-2-25-12-8-7-11-9-13(18(24)26-16(11)10-12)17-22-23-19(27-17)21-15-6-4-3-5-14(15)20/h3-10H,2H2,1H3,(H,21,23). The molecular weight excluding hydrogens is 369 g/mol. The zero-order valence-electron chi connectivity index (χ0n) is 14.2. The van der Waals surface area contributed by atoms with Crippen molar-refractivity contribution in [3.8, 4) is 16.3 Å². The number of fused-ring (bicyclic) bond motifs is 1. The summed E-state index contributed by atoms with van der Waals surface area (Å²) in [6.45, 7) is 2.41. The van der Waals surface area contributed by atoms with Crippen molar-refractivity contribution in [2.24, 2.45) is 0 Å². The summed E-state index contributed by atoms with van der Waals surface area (Å²) in [4.78, 5) is 12.4. The summed E-state index contributed by atoms with van der Waals surface area (Å²) in [5, 5.41) is 12.4. The molecule has 2 aromatic heterocycles. The number of aromatic nitrogens is 2. The highest BCUT2D eigenvalue weighted by Gasteiger charge is 2.14. The molecule has 0 aliphatic carbocycles. The highest BCUT2D eigenvalue weighted by atomic mass is 32.1. The van der Waals surface area contributed by atoms with Crippen LogP contribution in [0.5, 0.6) is 5.75 Å². The van der Waals surface area contributed by atoms with E-state index in [1.165, 1.54) is 6.07 Å². The number of halogens is 1. The number of nitrogens with one attached hydrogen (secondary N) is 1. The van der Waals surface area contributed by atoms with E-state index in [9.17, 15) is 9.18 Å². The van der Waals surface area contributed by atoms with Gasteiger partial charge in [-0.3, -0.25) is 0 Å². The molecule has 0 saturated heterocycles. The maximum absolute atomic E-state index is 13.7. The predicted molar refractivity (Wildman–Crippen MR) is 102 cm³/mol. The first-order valence-corrected chi connectivity index (χ1v) is 9.02. The molecule has 0 radical (unpaired) electrons. The molecule has 2 heterocycles. The van der Waals surface area contributed by atoms with E-state index in [0.717, 1.165) is 16.7 Å². The SMILES string of the molecule is CCOc1ccc2cc(-c3nnc(Nc4ccccc4F)s3)c(=O)oc2c1. The fourth-order valence-electron chi connectivity index (χ4n) is 2.56. The Bertz CT molecular complexity index is 1170. The Hall–Kier alpha value is -3.26. The molecule has 6 nitrogen and oxygen atoms in total. The van der Waals surface area contributed by atoms with Crippen molar-refractivity contribution in [2.75, 3.05) is 11.9 Å². The maximum atomic E-state index is 13.7. The van der Waals surface area contributed by atoms with E-state index in [0.29, 0.717) is 33.6 Å². The minimum atomic E-state index is -0.523. The molecule has 0 spiro atoms. The molecular formula is C19H14FN3O3S. The average Bonchev–Trinajstić information content (AvgIpc) is 3.11. The second-order valence-corrected chi connectivity index (χ2v) is 6.57. The smallest absolute Gasteiger partial charge is 0.346 e. The van der Waals surface area contributed by atoms with Crippen molar-refractivity contribution in [2.45, 2.75) is 6.92 Å². The number of ether oxygens (including phenoxy) is 1. The monoisotopic (exact) mass is 383 g/mol. The third-order valence-corrected chi connectivity index (χ3v) is 4.66. The summed E-state index contributed by atoms with van der Waals surface area (Å²) < 4.78 is 24.6. The van der Waals surface area contributed by atoms with Gasteiger partial charge in [0.1, 0.15) is 17.1 Å². The van der Waals surface area contributed by atoms with Crippen LogP contribution in [0.1, 0.15) is 6.92 Å². The Morgan fingerprint density at radius 1 is 1.19 bits per heavy atom. The number of rotatable bonds is 5. The summed E-state index contributed by atoms with van der Waals surface area (Å²) in [6.07, 6.45) is 0. The molecule has 0 fully saturated rings. The number of benzene rings is 2. The molecule has 0 aliphatic heterocycles. The van der Waals surface area contributed by atoms with Gasteiger partial charge in [0, 0.05) is 11.5 Å². The van der Waals surface area contributed by atoms with Crippen LogP contribution in [0.3, 0.4) is 0 Å². The minimum absolute atomic E-state index is 0.286. The van der Waals surface area contributed by atoms with Crippen LogP contribution >= 0.6 is 11.3 Å². The van der Waals surface area contributed by atoms with Crippen molar-refractivity contribution in [3.05, 3.63) is 64.8 Å². The van der Waals surface area contributed by atoms with Gasteiger partial charge in [0.2, 0.25) is 5.13 Å². The quantitative estimate of drug-likeness (QED) is 0.508. The minimum Gasteiger partial charge on any atom is -0.494 e. The zero-order chi connectivity index (χ0) is 18.8. The third kappa shape index (κ3) is 3.52. The molecule has 0 unspecified atom stereocenters. The van der Waals surface area contributed by atoms with Crippen LogP contribution in [0.15, 0.2) is 57.7 Å². The van der Waals surface area contributed by atoms with Crippen molar-refractivity contribution in [1.82, 2.24) is 10.2 Å². The lowest BCUT2D eigenvalue weighted by atomic mass is 10.2. The summed E-state index contributed by atoms with van der Waals surface area (Å²) in [6, 6.07) is 13.2. The van der Waals surface area contributed by atoms with Crippen LogP contribution in [0.4, 0.5) is 15.2 Å². The lowest BCUT2D eigenvalue weighted by molar-refractivity contribution is 0.340. The molecule has 0 aliphatic rings. The second-order valence-electron chi connectivity index (χ2n) is 5.60. The largest absolute Gasteiger partial charge is 0.494 e. The van der Waals surface area contributed by atoms with Gasteiger partial charge in [-0.15, -0.1) is 10.2 Å². The van der Waals surface area contributed by atoms with Gasteiger partial charge < -0.3 is 14.5 Å². The van der Waals surface area contributed by atoms with E-state index in [1.807, 2.05) is 13.0 Å². The van der Waals surface area contributed by atoms with Gasteiger partial charge in [0.25, 0.3) is 0 Å². The Labute approximate surface area is 157 Å². The zero-order valence-corrected chi connectivity index (χ0v) is 15.0. The van der Waals surface area contributed by atoms with Gasteiger partial charge in [0.15, 0.2) is 5.01 Å². The highest BCUT2D eigenvalue weighted by Crippen LogP contribution is 2.29. The number of para-hydroxylation sites is 1. The first-order chi connectivity index (χ1) is 13.1. The van der Waals surface area contributed by atoms with Crippen LogP contribution in [-0.4, -0.2) is 16.8 Å². The van der Waals surface area contributed by atoms with Gasteiger partial charge in [-0.2, -0.15) is 0 Å². The Morgan fingerprint density at radius 3 is 2.85 bits per heavy atom. The first kappa shape index (κ1) is 17.2. The Morgan fingerprint density at radius 2 is 2.04 bits per heavy atom. The van der Waals surface area contributed by atoms with Crippen molar-refractivity contribution in [3.63, 3.8) is 0 Å². The normalized spacial score (nSPS) is 10.9. The molecule has 2 aromatic carbocycles. The molecule has 4 aromatic rings. The third-order valence-electron chi connectivity index (χ3n) is 3.79. The van der Waals surface area contributed by atoms with Crippen molar-refractivity contribution >= 4 is 33.1 Å². The number of hydrogen-bond acceptors (Lipinski definition) is 7. The number of nitrogens with zero attached hydrogens (tertiary/aromatic N) is 2. The predicted octanol–water partition coefficient (Wildman–Crippen LogP) is 4.59. The van der Waals surface area contributed by atoms with Crippen molar-refractivity contribution < 1.29 is 13.5 Å². The van der Waals surface area contributed by atoms with Crippen LogP contribution in [0.2, 0.25) is 0 Å². The van der Waals surface area contributed by atoms with Gasteiger partial charge in [-0.25, -0.2) is 9.18 Å². The lowest BCUT2D eigenvalue weighted by Gasteiger charge is -2.04. The second kappa shape index (κ2) is 7.16. The number of anilines is 2. The van der Waals surface area contributed by atoms with Crippen LogP contribution < -0.4 is 15.7 Å². The summed E-state index contributed by atoms with van der Waals surface area (Å²) in [7, 11) is 0. The molecule has 0 bridgehead atoms. The molecule has 0 saturated carbocycles. The van der Waals surface area contributed by atoms with Gasteiger partial charge in [0.05, 0.1) is 17.9 Å². The lowest BCUT2D eigenvalue weighted by Crippen LogP contribution is -2.02. The van der Waals surface area contributed by atoms with Gasteiger partial charge >= 0.3 is 5.63 Å². The fourth-order valence-corrected chi connectivity index (χ4v) is 3.32. The summed E-state index contributed by atoms with van der Waals surface area (Å²) >= 11 is 1.14. The van der Waals surface area contributed by atoms with E-state index >= 15 is 0 Å². The van der Waals surface area contributed by atoms with Gasteiger partial charge in [-0.1, -0.05) is 23.5 Å². The Balaban J connectivity index is 1.67. The first-order valence-electron chi connectivity index (χ1n) is 8.20. The molecule has 27 heavy (non-hydrogen) atoms. The van der Waals surface area contributed by atoms with E-state index in [-0.39, 0.29) is 5.69 Å². The van der Waals surface area contributed by atoms with E-state index < -0.39 is 11.4 Å². The highest BCUT2D eigenvalue weighted by molar-refractivity contribution is 7.18. The molecule has 8 heteroatoms. The molecule has 0 amide bonds. The summed E-state index contributed by atoms with van der Waals surface area (Å²) in [5.74, 6) is 0.234. The van der Waals surface area contributed by atoms with Crippen molar-refractivity contribution in [1.29, 1.82) is 0 Å². The molecule has 1 N–H and O–H groups in total. The number of hydrogen-bond donors (Lipinski definition) is 1. The van der Waals surface area contributed by atoms with Gasteiger partial charge in [-0.05, 0) is 37.3 Å². The Kier molecular flexibility index (Phi) is 4.55. The van der Waals surface area contributed by atoms with Crippen LogP contribution in [0.25, 0.3) is 21.5 Å². The fraction of sp³-hybridized carbons (Fsp3) is 0.105.